The topological polar surface area (TPSA) is 9.86 Å². The van der Waals surface area contributed by atoms with Crippen molar-refractivity contribution in [2.45, 2.75) is 26.2 Å². The SMILES string of the molecule is C#C/C=C\C1=C(C)C(C)(C)c2cc(-n3c4ccccc4c4c5c6ccccc6n(-c6ccccc6)c5ccc43)ccc21. The number of hydrogen-bond acceptors (Lipinski definition) is 0. The molecule has 0 unspecified atom stereocenters. The van der Waals surface area contributed by atoms with Crippen molar-refractivity contribution in [1.82, 2.24) is 9.13 Å². The average molecular weight is 539 g/mol. The Morgan fingerprint density at radius 1 is 0.643 bits per heavy atom. The Balaban J connectivity index is 1.46. The monoisotopic (exact) mass is 538 g/mol. The number of allylic oxidation sites excluding steroid dienone is 4. The molecule has 42 heavy (non-hydrogen) atoms. The van der Waals surface area contributed by atoms with Crippen molar-refractivity contribution in [1.29, 1.82) is 0 Å². The quantitative estimate of drug-likeness (QED) is 0.198. The van der Waals surface area contributed by atoms with E-state index in [0.29, 0.717) is 0 Å². The first-order valence-corrected chi connectivity index (χ1v) is 14.5. The third-order valence-electron chi connectivity index (χ3n) is 9.40. The third kappa shape index (κ3) is 3.22. The fourth-order valence-electron chi connectivity index (χ4n) is 7.16. The van der Waals surface area contributed by atoms with Crippen LogP contribution in [0.25, 0.3) is 60.6 Å². The minimum absolute atomic E-state index is 0.0885. The predicted molar refractivity (Wildman–Crippen MR) is 179 cm³/mol. The van der Waals surface area contributed by atoms with Gasteiger partial charge in [-0.05, 0) is 84.3 Å². The zero-order chi connectivity index (χ0) is 28.6. The Kier molecular flexibility index (Phi) is 5.18. The van der Waals surface area contributed by atoms with Crippen LogP contribution in [0, 0.1) is 12.3 Å². The van der Waals surface area contributed by atoms with Gasteiger partial charge in [-0.25, -0.2) is 0 Å². The molecule has 0 amide bonds. The second-order valence-corrected chi connectivity index (χ2v) is 11.8. The number of benzene rings is 5. The summed E-state index contributed by atoms with van der Waals surface area (Å²) in [6.45, 7) is 6.86. The number of terminal acetylenes is 1. The van der Waals surface area contributed by atoms with Gasteiger partial charge in [0.15, 0.2) is 0 Å². The first-order chi connectivity index (χ1) is 20.5. The molecule has 2 aromatic heterocycles. The Bertz CT molecular complexity index is 2330. The summed E-state index contributed by atoms with van der Waals surface area (Å²) in [5.74, 6) is 2.67. The van der Waals surface area contributed by atoms with Crippen molar-refractivity contribution in [2.24, 2.45) is 0 Å². The van der Waals surface area contributed by atoms with E-state index < -0.39 is 0 Å². The van der Waals surface area contributed by atoms with Gasteiger partial charge in [0.05, 0.1) is 22.1 Å². The van der Waals surface area contributed by atoms with E-state index in [1.54, 1.807) is 0 Å². The summed E-state index contributed by atoms with van der Waals surface area (Å²) in [5.41, 5.74) is 12.3. The lowest BCUT2D eigenvalue weighted by Crippen LogP contribution is -2.16. The second-order valence-electron chi connectivity index (χ2n) is 11.8. The molecule has 0 aliphatic heterocycles. The van der Waals surface area contributed by atoms with E-state index in [-0.39, 0.29) is 5.41 Å². The Morgan fingerprint density at radius 2 is 1.21 bits per heavy atom. The molecule has 1 aliphatic carbocycles. The van der Waals surface area contributed by atoms with E-state index in [1.807, 2.05) is 6.08 Å². The van der Waals surface area contributed by atoms with Gasteiger partial charge in [-0.1, -0.05) is 86.0 Å². The van der Waals surface area contributed by atoms with Crippen LogP contribution in [0.4, 0.5) is 0 Å². The molecular formula is C40H30N2. The van der Waals surface area contributed by atoms with Crippen LogP contribution in [0.3, 0.4) is 0 Å². The van der Waals surface area contributed by atoms with Crippen molar-refractivity contribution >= 4 is 49.2 Å². The highest BCUT2D eigenvalue weighted by Crippen LogP contribution is 2.48. The van der Waals surface area contributed by atoms with Crippen molar-refractivity contribution in [2.75, 3.05) is 0 Å². The van der Waals surface area contributed by atoms with Crippen molar-refractivity contribution < 1.29 is 0 Å². The van der Waals surface area contributed by atoms with Crippen LogP contribution < -0.4 is 0 Å². The number of rotatable bonds is 3. The minimum atomic E-state index is -0.0885. The standard InChI is InChI=1S/C40H30N2/c1-5-6-16-29-26(2)40(3,4)33-25-28(21-22-30(29)33)42-35-20-13-11-18-32(35)39-37(42)24-23-36-38(39)31-17-10-12-19-34(31)41(36)27-14-8-7-9-15-27/h1,6-25H,2-4H3/b16-6-. The fourth-order valence-corrected chi connectivity index (χ4v) is 7.16. The normalized spacial score (nSPS) is 14.5. The minimum Gasteiger partial charge on any atom is -0.309 e. The maximum absolute atomic E-state index is 5.58. The molecule has 0 bridgehead atoms. The number of hydrogen-bond donors (Lipinski definition) is 0. The first kappa shape index (κ1) is 24.5. The van der Waals surface area contributed by atoms with Gasteiger partial charge in [0.1, 0.15) is 0 Å². The molecule has 2 heterocycles. The van der Waals surface area contributed by atoms with E-state index in [4.69, 9.17) is 6.42 Å². The van der Waals surface area contributed by atoms with Gasteiger partial charge >= 0.3 is 0 Å². The van der Waals surface area contributed by atoms with E-state index in [9.17, 15) is 0 Å². The van der Waals surface area contributed by atoms with Crippen LogP contribution in [0.15, 0.2) is 127 Å². The summed E-state index contributed by atoms with van der Waals surface area (Å²) < 4.78 is 4.84. The highest BCUT2D eigenvalue weighted by atomic mass is 15.0. The maximum Gasteiger partial charge on any atom is 0.0548 e. The summed E-state index contributed by atoms with van der Waals surface area (Å²) in [6, 6.07) is 39.8. The maximum atomic E-state index is 5.58. The van der Waals surface area contributed by atoms with Crippen LogP contribution in [0.2, 0.25) is 0 Å². The Morgan fingerprint density at radius 3 is 1.83 bits per heavy atom. The fraction of sp³-hybridized carbons (Fsp3) is 0.100. The molecule has 2 heteroatoms. The lowest BCUT2D eigenvalue weighted by Gasteiger charge is -2.23. The van der Waals surface area contributed by atoms with Gasteiger partial charge in [-0.3, -0.25) is 0 Å². The first-order valence-electron chi connectivity index (χ1n) is 14.5. The summed E-state index contributed by atoms with van der Waals surface area (Å²) in [7, 11) is 0. The molecule has 0 radical (unpaired) electrons. The number of para-hydroxylation sites is 3. The highest BCUT2D eigenvalue weighted by Gasteiger charge is 2.35. The zero-order valence-electron chi connectivity index (χ0n) is 24.0. The lowest BCUT2D eigenvalue weighted by molar-refractivity contribution is 0.638. The molecule has 0 N–H and O–H groups in total. The zero-order valence-corrected chi connectivity index (χ0v) is 24.0. The predicted octanol–water partition coefficient (Wildman–Crippen LogP) is 10.1. The molecule has 200 valence electrons. The number of nitrogens with zero attached hydrogens (tertiary/aromatic N) is 2. The number of aromatic nitrogens is 2. The van der Waals surface area contributed by atoms with Gasteiger partial charge in [0, 0.05) is 38.3 Å². The van der Waals surface area contributed by atoms with Crippen LogP contribution in [-0.4, -0.2) is 9.13 Å². The van der Waals surface area contributed by atoms with Crippen molar-refractivity contribution in [3.8, 4) is 23.7 Å². The van der Waals surface area contributed by atoms with E-state index >= 15 is 0 Å². The second kappa shape index (κ2) is 8.87. The molecule has 0 spiro atoms. The van der Waals surface area contributed by atoms with Crippen molar-refractivity contribution in [3.05, 3.63) is 138 Å². The van der Waals surface area contributed by atoms with Crippen LogP contribution >= 0.6 is 0 Å². The van der Waals surface area contributed by atoms with Gasteiger partial charge in [-0.15, -0.1) is 6.42 Å². The van der Waals surface area contributed by atoms with E-state index in [2.05, 4.69) is 151 Å². The van der Waals surface area contributed by atoms with Crippen LogP contribution in [0.5, 0.6) is 0 Å². The average Bonchev–Trinajstić information content (AvgIpc) is 3.60. The molecule has 8 rings (SSSR count). The molecule has 0 atom stereocenters. The van der Waals surface area contributed by atoms with E-state index in [0.717, 1.165) is 0 Å². The summed E-state index contributed by atoms with van der Waals surface area (Å²) in [4.78, 5) is 0. The van der Waals surface area contributed by atoms with Crippen LogP contribution in [-0.2, 0) is 5.41 Å². The summed E-state index contributed by atoms with van der Waals surface area (Å²) in [6.07, 6.45) is 9.47. The largest absolute Gasteiger partial charge is 0.309 e. The Hall–Kier alpha value is -5.26. The van der Waals surface area contributed by atoms with Crippen molar-refractivity contribution in [3.63, 3.8) is 0 Å². The van der Waals surface area contributed by atoms with E-state index in [1.165, 1.54) is 77.3 Å². The summed E-state index contributed by atoms with van der Waals surface area (Å²) >= 11 is 0. The Labute approximate surface area is 245 Å². The highest BCUT2D eigenvalue weighted by molar-refractivity contribution is 6.28. The van der Waals surface area contributed by atoms with Crippen LogP contribution in [0.1, 0.15) is 31.9 Å². The molecule has 5 aromatic carbocycles. The molecule has 1 aliphatic rings. The molecule has 7 aromatic rings. The smallest absolute Gasteiger partial charge is 0.0548 e. The molecule has 0 fully saturated rings. The van der Waals surface area contributed by atoms with Gasteiger partial charge in [0.25, 0.3) is 0 Å². The van der Waals surface area contributed by atoms with Gasteiger partial charge in [-0.2, -0.15) is 0 Å². The lowest BCUT2D eigenvalue weighted by atomic mass is 9.82. The molecule has 0 saturated carbocycles. The molecular weight excluding hydrogens is 508 g/mol. The molecule has 2 nitrogen and oxygen atoms in total. The number of fused-ring (bicyclic) bond motifs is 8. The van der Waals surface area contributed by atoms with Gasteiger partial charge < -0.3 is 9.13 Å². The third-order valence-corrected chi connectivity index (χ3v) is 9.40. The summed E-state index contributed by atoms with van der Waals surface area (Å²) in [5, 5.41) is 5.12. The molecule has 0 saturated heterocycles. The van der Waals surface area contributed by atoms with Gasteiger partial charge in [0.2, 0.25) is 0 Å².